The summed E-state index contributed by atoms with van der Waals surface area (Å²) < 4.78 is 0. The molecule has 0 saturated heterocycles. The van der Waals surface area contributed by atoms with Crippen molar-refractivity contribution in [3.8, 4) is 0 Å². The van der Waals surface area contributed by atoms with Crippen LogP contribution >= 0.6 is 0 Å². The summed E-state index contributed by atoms with van der Waals surface area (Å²) in [6.07, 6.45) is 8.15. The van der Waals surface area contributed by atoms with Crippen LogP contribution in [-0.2, 0) is 4.79 Å². The zero-order chi connectivity index (χ0) is 14.6. The number of nitrogens with one attached hydrogen (secondary N) is 2. The highest BCUT2D eigenvalue weighted by molar-refractivity contribution is 5.75. The van der Waals surface area contributed by atoms with Gasteiger partial charge in [0, 0.05) is 12.6 Å². The molecule has 2 unspecified atom stereocenters. The second-order valence-corrected chi connectivity index (χ2v) is 6.74. The Balaban J connectivity index is 1.69. The van der Waals surface area contributed by atoms with Crippen molar-refractivity contribution in [2.45, 2.75) is 64.3 Å². The van der Waals surface area contributed by atoms with E-state index in [0.29, 0.717) is 19.4 Å². The van der Waals surface area contributed by atoms with Crippen LogP contribution in [0.2, 0.25) is 0 Å². The maximum Gasteiger partial charge on any atom is 0.315 e. The van der Waals surface area contributed by atoms with Gasteiger partial charge in [0.25, 0.3) is 0 Å². The molecule has 0 aromatic carbocycles. The number of hydrogen-bond donors (Lipinski definition) is 3. The van der Waals surface area contributed by atoms with Gasteiger partial charge in [-0.05, 0) is 37.5 Å². The molecule has 20 heavy (non-hydrogen) atoms. The van der Waals surface area contributed by atoms with Crippen LogP contribution in [0.5, 0.6) is 0 Å². The largest absolute Gasteiger partial charge is 0.481 e. The second-order valence-electron chi connectivity index (χ2n) is 6.74. The lowest BCUT2D eigenvalue weighted by Gasteiger charge is -2.33. The molecule has 114 valence electrons. The predicted octanol–water partition coefficient (Wildman–Crippen LogP) is 2.51. The Morgan fingerprint density at radius 3 is 2.50 bits per heavy atom. The van der Waals surface area contributed by atoms with Crippen molar-refractivity contribution < 1.29 is 14.7 Å². The van der Waals surface area contributed by atoms with Gasteiger partial charge >= 0.3 is 12.0 Å². The Labute approximate surface area is 120 Å². The van der Waals surface area contributed by atoms with Gasteiger partial charge in [-0.15, -0.1) is 0 Å². The van der Waals surface area contributed by atoms with E-state index in [0.717, 1.165) is 6.42 Å². The van der Waals surface area contributed by atoms with E-state index < -0.39 is 5.97 Å². The number of carbonyl (C=O) groups excluding carboxylic acids is 1. The van der Waals surface area contributed by atoms with Crippen LogP contribution in [0.15, 0.2) is 0 Å². The van der Waals surface area contributed by atoms with Gasteiger partial charge in [-0.1, -0.05) is 26.2 Å². The molecule has 0 bridgehead atoms. The van der Waals surface area contributed by atoms with Crippen molar-refractivity contribution in [2.24, 2.45) is 11.3 Å². The first-order valence-electron chi connectivity index (χ1n) is 7.76. The highest BCUT2D eigenvalue weighted by atomic mass is 16.4. The molecular weight excluding hydrogens is 256 g/mol. The van der Waals surface area contributed by atoms with Gasteiger partial charge in [0.2, 0.25) is 0 Å². The zero-order valence-electron chi connectivity index (χ0n) is 12.3. The van der Waals surface area contributed by atoms with Gasteiger partial charge in [0.1, 0.15) is 0 Å². The van der Waals surface area contributed by atoms with Gasteiger partial charge in [0.05, 0.1) is 5.92 Å². The van der Waals surface area contributed by atoms with Gasteiger partial charge in [0.15, 0.2) is 0 Å². The van der Waals surface area contributed by atoms with E-state index in [9.17, 15) is 9.59 Å². The molecular formula is C15H26N2O3. The standard InChI is InChI=1S/C15H26N2O3/c1-15(7-3-2-4-8-15)10-16-14(20)17-12-6-5-11(9-12)13(18)19/h11-12H,2-10H2,1H3,(H,18,19)(H2,16,17,20). The van der Waals surface area contributed by atoms with Gasteiger partial charge in [-0.2, -0.15) is 0 Å². The molecule has 5 heteroatoms. The summed E-state index contributed by atoms with van der Waals surface area (Å²) in [7, 11) is 0. The number of aliphatic carboxylic acids is 1. The van der Waals surface area contributed by atoms with Crippen molar-refractivity contribution in [1.82, 2.24) is 10.6 Å². The lowest BCUT2D eigenvalue weighted by Crippen LogP contribution is -2.45. The summed E-state index contributed by atoms with van der Waals surface area (Å²) in [4.78, 5) is 22.8. The number of hydrogen-bond acceptors (Lipinski definition) is 2. The summed E-state index contributed by atoms with van der Waals surface area (Å²) in [6.45, 7) is 2.95. The number of amides is 2. The first-order valence-corrected chi connectivity index (χ1v) is 7.76. The molecule has 2 saturated carbocycles. The summed E-state index contributed by atoms with van der Waals surface area (Å²) in [5, 5.41) is 14.8. The number of carbonyl (C=O) groups is 2. The normalized spacial score (nSPS) is 28.9. The minimum absolute atomic E-state index is 0.00950. The first-order chi connectivity index (χ1) is 9.48. The van der Waals surface area contributed by atoms with Crippen molar-refractivity contribution in [3.05, 3.63) is 0 Å². The lowest BCUT2D eigenvalue weighted by molar-refractivity contribution is -0.141. The fourth-order valence-corrected chi connectivity index (χ4v) is 3.45. The minimum atomic E-state index is -0.746. The SMILES string of the molecule is CC1(CNC(=O)NC2CCC(C(=O)O)C2)CCCCC1. The van der Waals surface area contributed by atoms with Crippen LogP contribution in [0.1, 0.15) is 58.3 Å². The quantitative estimate of drug-likeness (QED) is 0.741. The highest BCUT2D eigenvalue weighted by Gasteiger charge is 2.31. The first kappa shape index (κ1) is 15.1. The molecule has 2 fully saturated rings. The van der Waals surface area contributed by atoms with Gasteiger partial charge in [-0.25, -0.2) is 4.79 Å². The fourth-order valence-electron chi connectivity index (χ4n) is 3.45. The van der Waals surface area contributed by atoms with Crippen molar-refractivity contribution >= 4 is 12.0 Å². The second kappa shape index (κ2) is 6.46. The van der Waals surface area contributed by atoms with E-state index >= 15 is 0 Å². The molecule has 2 aliphatic carbocycles. The molecule has 2 atom stereocenters. The Hall–Kier alpha value is -1.26. The Bertz CT molecular complexity index is 364. The smallest absolute Gasteiger partial charge is 0.315 e. The average molecular weight is 282 g/mol. The molecule has 0 radical (unpaired) electrons. The molecule has 3 N–H and O–H groups in total. The fraction of sp³-hybridized carbons (Fsp3) is 0.867. The summed E-state index contributed by atoms with van der Waals surface area (Å²) in [6, 6.07) is -0.136. The lowest BCUT2D eigenvalue weighted by atomic mass is 9.76. The monoisotopic (exact) mass is 282 g/mol. The van der Waals surface area contributed by atoms with Crippen LogP contribution in [0.3, 0.4) is 0 Å². The molecule has 0 aromatic heterocycles. The van der Waals surface area contributed by atoms with E-state index in [2.05, 4.69) is 17.6 Å². The zero-order valence-corrected chi connectivity index (χ0v) is 12.3. The molecule has 0 spiro atoms. The maximum absolute atomic E-state index is 11.9. The number of urea groups is 1. The molecule has 0 heterocycles. The third kappa shape index (κ3) is 4.12. The topological polar surface area (TPSA) is 78.4 Å². The highest BCUT2D eigenvalue weighted by Crippen LogP contribution is 2.34. The summed E-state index contributed by atoms with van der Waals surface area (Å²) >= 11 is 0. The van der Waals surface area contributed by atoms with Crippen molar-refractivity contribution in [2.75, 3.05) is 6.54 Å². The Morgan fingerprint density at radius 2 is 1.90 bits per heavy atom. The van der Waals surface area contributed by atoms with Gasteiger partial charge in [-0.3, -0.25) is 4.79 Å². The number of carboxylic acids is 1. The van der Waals surface area contributed by atoms with Crippen molar-refractivity contribution in [1.29, 1.82) is 0 Å². The van der Waals surface area contributed by atoms with Gasteiger partial charge < -0.3 is 15.7 Å². The average Bonchev–Trinajstić information content (AvgIpc) is 2.86. The van der Waals surface area contributed by atoms with E-state index in [1.54, 1.807) is 0 Å². The number of rotatable bonds is 4. The molecule has 0 aromatic rings. The van der Waals surface area contributed by atoms with Crippen LogP contribution in [-0.4, -0.2) is 29.7 Å². The van der Waals surface area contributed by atoms with E-state index in [-0.39, 0.29) is 23.4 Å². The van der Waals surface area contributed by atoms with E-state index in [4.69, 9.17) is 5.11 Å². The third-order valence-corrected chi connectivity index (χ3v) is 4.85. The van der Waals surface area contributed by atoms with E-state index in [1.807, 2.05) is 0 Å². The molecule has 0 aliphatic heterocycles. The molecule has 5 nitrogen and oxygen atoms in total. The molecule has 2 rings (SSSR count). The minimum Gasteiger partial charge on any atom is -0.481 e. The van der Waals surface area contributed by atoms with E-state index in [1.165, 1.54) is 32.1 Å². The van der Waals surface area contributed by atoms with Crippen molar-refractivity contribution in [3.63, 3.8) is 0 Å². The van der Waals surface area contributed by atoms with Crippen LogP contribution in [0.4, 0.5) is 4.79 Å². The van der Waals surface area contributed by atoms with Crippen LogP contribution < -0.4 is 10.6 Å². The third-order valence-electron chi connectivity index (χ3n) is 4.85. The van der Waals surface area contributed by atoms with Crippen LogP contribution in [0, 0.1) is 11.3 Å². The maximum atomic E-state index is 11.9. The predicted molar refractivity (Wildman–Crippen MR) is 76.5 cm³/mol. The molecule has 2 aliphatic rings. The Morgan fingerprint density at radius 1 is 1.20 bits per heavy atom. The Kier molecular flexibility index (Phi) is 4.89. The molecule has 2 amide bonds. The number of carboxylic acid groups (broad SMARTS) is 1. The van der Waals surface area contributed by atoms with Crippen LogP contribution in [0.25, 0.3) is 0 Å². The summed E-state index contributed by atoms with van der Waals surface area (Å²) in [5.74, 6) is -1.04. The summed E-state index contributed by atoms with van der Waals surface area (Å²) in [5.41, 5.74) is 0.231.